The van der Waals surface area contributed by atoms with Crippen LogP contribution in [0.1, 0.15) is 18.4 Å². The van der Waals surface area contributed by atoms with Crippen molar-refractivity contribution in [2.45, 2.75) is 24.9 Å². The van der Waals surface area contributed by atoms with Crippen LogP contribution in [0.2, 0.25) is 0 Å². The molecule has 112 valence electrons. The second-order valence-corrected chi connectivity index (χ2v) is 7.14. The Morgan fingerprint density at radius 2 is 2.10 bits per heavy atom. The summed E-state index contributed by atoms with van der Waals surface area (Å²) in [5.41, 5.74) is 0.613. The van der Waals surface area contributed by atoms with Crippen molar-refractivity contribution in [2.75, 3.05) is 26.3 Å². The maximum absolute atomic E-state index is 12.2. The summed E-state index contributed by atoms with van der Waals surface area (Å²) in [6.07, 6.45) is 0. The van der Waals surface area contributed by atoms with Crippen LogP contribution in [0.4, 0.5) is 0 Å². The first-order valence-electron chi connectivity index (χ1n) is 6.40. The van der Waals surface area contributed by atoms with Gasteiger partial charge in [-0.1, -0.05) is 5.16 Å². The molecular formula is C12H18N2O5S. The fourth-order valence-corrected chi connectivity index (χ4v) is 3.24. The zero-order valence-electron chi connectivity index (χ0n) is 11.5. The molecule has 1 atom stereocenters. The number of ether oxygens (including phenoxy) is 1. The number of morpholine rings is 1. The molecule has 1 fully saturated rings. The number of hydrogen-bond acceptors (Lipinski definition) is 6. The maximum Gasteiger partial charge on any atom is 0.240 e. The van der Waals surface area contributed by atoms with Crippen LogP contribution in [-0.2, 0) is 25.1 Å². The number of carbonyl (C=O) groups is 1. The molecule has 1 saturated heterocycles. The highest BCUT2D eigenvalue weighted by molar-refractivity contribution is 7.92. The molecule has 1 aliphatic heterocycles. The van der Waals surface area contributed by atoms with Crippen LogP contribution in [0.5, 0.6) is 0 Å². The molecule has 1 aromatic heterocycles. The highest BCUT2D eigenvalue weighted by Gasteiger charge is 2.33. The average molecular weight is 302 g/mol. The molecule has 0 radical (unpaired) electrons. The van der Waals surface area contributed by atoms with Crippen molar-refractivity contribution >= 4 is 15.7 Å². The first kappa shape index (κ1) is 15.0. The predicted octanol–water partition coefficient (Wildman–Crippen LogP) is 0.145. The molecule has 1 aromatic rings. The molecule has 0 aromatic carbocycles. The normalized spacial score (nSPS) is 18.0. The highest BCUT2D eigenvalue weighted by Crippen LogP contribution is 2.15. The van der Waals surface area contributed by atoms with Gasteiger partial charge in [-0.3, -0.25) is 4.79 Å². The quantitative estimate of drug-likeness (QED) is 0.786. The van der Waals surface area contributed by atoms with Gasteiger partial charge in [0.25, 0.3) is 0 Å². The minimum Gasteiger partial charge on any atom is -0.378 e. The van der Waals surface area contributed by atoms with Crippen molar-refractivity contribution in [2.24, 2.45) is 0 Å². The van der Waals surface area contributed by atoms with Gasteiger partial charge in [0.05, 0.1) is 18.9 Å². The summed E-state index contributed by atoms with van der Waals surface area (Å²) in [6.45, 7) is 4.87. The molecule has 0 unspecified atom stereocenters. The monoisotopic (exact) mass is 302 g/mol. The van der Waals surface area contributed by atoms with Crippen LogP contribution in [0.15, 0.2) is 10.6 Å². The van der Waals surface area contributed by atoms with E-state index in [1.165, 1.54) is 11.8 Å². The standard InChI is InChI=1S/C12H18N2O5S/c1-9-7-11(19-13-9)8-20(16,17)10(2)12(15)14-3-5-18-6-4-14/h7,10H,3-6,8H2,1-2H3/t10-/m1/s1. The van der Waals surface area contributed by atoms with Crippen molar-refractivity contribution in [3.63, 3.8) is 0 Å². The van der Waals surface area contributed by atoms with Crippen LogP contribution >= 0.6 is 0 Å². The van der Waals surface area contributed by atoms with E-state index in [1.54, 1.807) is 13.0 Å². The molecule has 1 amide bonds. The highest BCUT2D eigenvalue weighted by atomic mass is 32.2. The second-order valence-electron chi connectivity index (χ2n) is 4.82. The summed E-state index contributed by atoms with van der Waals surface area (Å²) in [5, 5.41) is 2.55. The van der Waals surface area contributed by atoms with E-state index in [0.717, 1.165) is 0 Å². The molecule has 1 aliphatic rings. The molecule has 0 N–H and O–H groups in total. The van der Waals surface area contributed by atoms with Crippen LogP contribution in [-0.4, -0.2) is 55.9 Å². The molecular weight excluding hydrogens is 284 g/mol. The van der Waals surface area contributed by atoms with Crippen molar-refractivity contribution in [3.05, 3.63) is 17.5 Å². The zero-order valence-corrected chi connectivity index (χ0v) is 12.4. The lowest BCUT2D eigenvalue weighted by Gasteiger charge is -2.29. The van der Waals surface area contributed by atoms with Crippen LogP contribution in [0, 0.1) is 6.92 Å². The summed E-state index contributed by atoms with van der Waals surface area (Å²) >= 11 is 0. The third-order valence-electron chi connectivity index (χ3n) is 3.23. The van der Waals surface area contributed by atoms with Crippen LogP contribution < -0.4 is 0 Å². The molecule has 0 spiro atoms. The van der Waals surface area contributed by atoms with Gasteiger partial charge in [-0.05, 0) is 13.8 Å². The number of aromatic nitrogens is 1. The topological polar surface area (TPSA) is 89.7 Å². The largest absolute Gasteiger partial charge is 0.378 e. The molecule has 0 saturated carbocycles. The molecule has 2 heterocycles. The van der Waals surface area contributed by atoms with Crippen molar-refractivity contribution in [1.82, 2.24) is 10.1 Å². The summed E-state index contributed by atoms with van der Waals surface area (Å²) in [5.74, 6) is -0.445. The lowest BCUT2D eigenvalue weighted by Crippen LogP contribution is -2.47. The van der Waals surface area contributed by atoms with Crippen LogP contribution in [0.25, 0.3) is 0 Å². The van der Waals surface area contributed by atoms with E-state index in [4.69, 9.17) is 9.26 Å². The summed E-state index contributed by atoms with van der Waals surface area (Å²) in [6, 6.07) is 1.56. The summed E-state index contributed by atoms with van der Waals surface area (Å²) in [4.78, 5) is 13.7. The molecule has 8 heteroatoms. The molecule has 20 heavy (non-hydrogen) atoms. The summed E-state index contributed by atoms with van der Waals surface area (Å²) in [7, 11) is -3.61. The van der Waals surface area contributed by atoms with E-state index < -0.39 is 15.1 Å². The van der Waals surface area contributed by atoms with E-state index in [9.17, 15) is 13.2 Å². The van der Waals surface area contributed by atoms with Gasteiger partial charge < -0.3 is 14.2 Å². The van der Waals surface area contributed by atoms with Gasteiger partial charge >= 0.3 is 0 Å². The van der Waals surface area contributed by atoms with Crippen molar-refractivity contribution < 1.29 is 22.5 Å². The Morgan fingerprint density at radius 3 is 2.65 bits per heavy atom. The van der Waals surface area contributed by atoms with Gasteiger partial charge in [0.15, 0.2) is 15.6 Å². The smallest absolute Gasteiger partial charge is 0.240 e. The maximum atomic E-state index is 12.2. The van der Waals surface area contributed by atoms with Gasteiger partial charge in [-0.2, -0.15) is 0 Å². The van der Waals surface area contributed by atoms with E-state index >= 15 is 0 Å². The number of carbonyl (C=O) groups excluding carboxylic acids is 1. The number of nitrogens with zero attached hydrogens (tertiary/aromatic N) is 2. The van der Waals surface area contributed by atoms with E-state index in [0.29, 0.717) is 32.0 Å². The van der Waals surface area contributed by atoms with Gasteiger partial charge in [0, 0.05) is 19.2 Å². The van der Waals surface area contributed by atoms with E-state index in [-0.39, 0.29) is 17.4 Å². The third-order valence-corrected chi connectivity index (χ3v) is 5.20. The van der Waals surface area contributed by atoms with E-state index in [1.807, 2.05) is 0 Å². The number of hydrogen-bond donors (Lipinski definition) is 0. The Labute approximate surface area is 117 Å². The van der Waals surface area contributed by atoms with Crippen molar-refractivity contribution in [1.29, 1.82) is 0 Å². The minimum absolute atomic E-state index is 0.254. The molecule has 0 bridgehead atoms. The van der Waals surface area contributed by atoms with Crippen LogP contribution in [0.3, 0.4) is 0 Å². The SMILES string of the molecule is Cc1cc(CS(=O)(=O)[C@H](C)C(=O)N2CCOCC2)on1. The lowest BCUT2D eigenvalue weighted by molar-refractivity contribution is -0.134. The Balaban J connectivity index is 2.06. The first-order chi connectivity index (χ1) is 9.40. The zero-order chi connectivity index (χ0) is 14.8. The lowest BCUT2D eigenvalue weighted by atomic mass is 10.3. The Morgan fingerprint density at radius 1 is 1.45 bits per heavy atom. The Hall–Kier alpha value is -1.41. The fraction of sp³-hybridized carbons (Fsp3) is 0.667. The average Bonchev–Trinajstić information content (AvgIpc) is 2.82. The molecule has 2 rings (SSSR count). The number of amides is 1. The Kier molecular flexibility index (Phi) is 4.44. The summed E-state index contributed by atoms with van der Waals surface area (Å²) < 4.78 is 34.5. The van der Waals surface area contributed by atoms with Gasteiger partial charge in [0.2, 0.25) is 5.91 Å². The number of rotatable bonds is 4. The molecule has 0 aliphatic carbocycles. The minimum atomic E-state index is -3.61. The third kappa shape index (κ3) is 3.37. The fourth-order valence-electron chi connectivity index (χ4n) is 2.00. The van der Waals surface area contributed by atoms with Gasteiger partial charge in [-0.15, -0.1) is 0 Å². The predicted molar refractivity (Wildman–Crippen MR) is 70.7 cm³/mol. The van der Waals surface area contributed by atoms with Gasteiger partial charge in [-0.25, -0.2) is 8.42 Å². The Bertz CT molecular complexity index is 574. The second kappa shape index (κ2) is 5.92. The van der Waals surface area contributed by atoms with Gasteiger partial charge in [0.1, 0.15) is 11.0 Å². The van der Waals surface area contributed by atoms with E-state index in [2.05, 4.69) is 5.16 Å². The molecule has 7 nitrogen and oxygen atoms in total. The van der Waals surface area contributed by atoms with Crippen molar-refractivity contribution in [3.8, 4) is 0 Å². The first-order valence-corrected chi connectivity index (χ1v) is 8.12. The number of aryl methyl sites for hydroxylation is 1. The number of sulfone groups is 1.